The SMILES string of the molecule is CCOC(=O)CCn1cc(C=O)cn1. The van der Waals surface area contributed by atoms with Gasteiger partial charge < -0.3 is 4.74 Å². The number of aromatic nitrogens is 2. The maximum atomic E-state index is 11.0. The van der Waals surface area contributed by atoms with Crippen molar-refractivity contribution in [1.82, 2.24) is 9.78 Å². The molecule has 1 rings (SSSR count). The fourth-order valence-electron chi connectivity index (χ4n) is 1.00. The molecule has 1 aromatic heterocycles. The Bertz CT molecular complexity index is 320. The Morgan fingerprint density at radius 1 is 1.71 bits per heavy atom. The van der Waals surface area contributed by atoms with Crippen LogP contribution in [-0.4, -0.2) is 28.6 Å². The van der Waals surface area contributed by atoms with Crippen molar-refractivity contribution >= 4 is 12.3 Å². The molecule has 5 nitrogen and oxygen atoms in total. The van der Waals surface area contributed by atoms with Gasteiger partial charge in [0.15, 0.2) is 6.29 Å². The Morgan fingerprint density at radius 3 is 3.07 bits per heavy atom. The number of rotatable bonds is 5. The van der Waals surface area contributed by atoms with Crippen molar-refractivity contribution in [1.29, 1.82) is 0 Å². The van der Waals surface area contributed by atoms with E-state index in [0.29, 0.717) is 25.0 Å². The first-order valence-corrected chi connectivity index (χ1v) is 4.39. The van der Waals surface area contributed by atoms with E-state index in [4.69, 9.17) is 4.74 Å². The van der Waals surface area contributed by atoms with Gasteiger partial charge in [-0.25, -0.2) is 0 Å². The molecule has 5 heteroatoms. The lowest BCUT2D eigenvalue weighted by atomic mass is 10.4. The molecule has 0 N–H and O–H groups in total. The molecule has 0 fully saturated rings. The lowest BCUT2D eigenvalue weighted by Crippen LogP contribution is -2.09. The average molecular weight is 196 g/mol. The quantitative estimate of drug-likeness (QED) is 0.512. The summed E-state index contributed by atoms with van der Waals surface area (Å²) >= 11 is 0. The van der Waals surface area contributed by atoms with Crippen LogP contribution in [0, 0.1) is 0 Å². The summed E-state index contributed by atoms with van der Waals surface area (Å²) in [6.45, 7) is 2.58. The monoisotopic (exact) mass is 196 g/mol. The van der Waals surface area contributed by atoms with E-state index in [0.717, 1.165) is 0 Å². The van der Waals surface area contributed by atoms with E-state index in [1.165, 1.54) is 6.20 Å². The molecule has 0 aromatic carbocycles. The van der Waals surface area contributed by atoms with E-state index in [2.05, 4.69) is 5.10 Å². The molecule has 1 heterocycles. The minimum atomic E-state index is -0.254. The lowest BCUT2D eigenvalue weighted by molar-refractivity contribution is -0.143. The van der Waals surface area contributed by atoms with Gasteiger partial charge in [-0.1, -0.05) is 0 Å². The summed E-state index contributed by atoms with van der Waals surface area (Å²) in [5, 5.41) is 3.90. The maximum Gasteiger partial charge on any atom is 0.307 e. The summed E-state index contributed by atoms with van der Waals surface area (Å²) in [6, 6.07) is 0. The number of hydrogen-bond acceptors (Lipinski definition) is 4. The first-order chi connectivity index (χ1) is 6.76. The third kappa shape index (κ3) is 3.01. The molecule has 14 heavy (non-hydrogen) atoms. The Labute approximate surface area is 81.7 Å². The number of carbonyl (C=O) groups excluding carboxylic acids is 2. The van der Waals surface area contributed by atoms with E-state index in [1.807, 2.05) is 0 Å². The van der Waals surface area contributed by atoms with Gasteiger partial charge in [0.2, 0.25) is 0 Å². The van der Waals surface area contributed by atoms with Crippen molar-refractivity contribution in [2.24, 2.45) is 0 Å². The van der Waals surface area contributed by atoms with Gasteiger partial charge in [0.05, 0.1) is 31.3 Å². The number of aldehydes is 1. The number of nitrogens with zero attached hydrogens (tertiary/aromatic N) is 2. The van der Waals surface area contributed by atoms with Crippen molar-refractivity contribution in [2.45, 2.75) is 19.9 Å². The Morgan fingerprint density at radius 2 is 2.50 bits per heavy atom. The maximum absolute atomic E-state index is 11.0. The van der Waals surface area contributed by atoms with Crippen molar-refractivity contribution in [3.63, 3.8) is 0 Å². The fraction of sp³-hybridized carbons (Fsp3) is 0.444. The summed E-state index contributed by atoms with van der Waals surface area (Å²) in [5.74, 6) is -0.254. The van der Waals surface area contributed by atoms with Crippen LogP contribution < -0.4 is 0 Å². The van der Waals surface area contributed by atoms with E-state index >= 15 is 0 Å². The van der Waals surface area contributed by atoms with Crippen molar-refractivity contribution < 1.29 is 14.3 Å². The molecule has 0 bridgehead atoms. The molecule has 0 unspecified atom stereocenters. The molecule has 0 aliphatic heterocycles. The van der Waals surface area contributed by atoms with E-state index in [1.54, 1.807) is 17.8 Å². The summed E-state index contributed by atoms with van der Waals surface area (Å²) in [6.07, 6.45) is 4.03. The van der Waals surface area contributed by atoms with Gasteiger partial charge in [-0.3, -0.25) is 14.3 Å². The molecule has 0 saturated heterocycles. The Balaban J connectivity index is 2.37. The minimum Gasteiger partial charge on any atom is -0.466 e. The van der Waals surface area contributed by atoms with Gasteiger partial charge in [0.1, 0.15) is 0 Å². The number of carbonyl (C=O) groups is 2. The number of hydrogen-bond donors (Lipinski definition) is 0. The molecule has 0 aliphatic carbocycles. The summed E-state index contributed by atoms with van der Waals surface area (Å²) < 4.78 is 6.29. The van der Waals surface area contributed by atoms with Crippen LogP contribution in [0.5, 0.6) is 0 Å². The van der Waals surface area contributed by atoms with Crippen molar-refractivity contribution in [2.75, 3.05) is 6.61 Å². The zero-order chi connectivity index (χ0) is 10.4. The topological polar surface area (TPSA) is 61.2 Å². The van der Waals surface area contributed by atoms with Crippen molar-refractivity contribution in [3.05, 3.63) is 18.0 Å². The highest BCUT2D eigenvalue weighted by Crippen LogP contribution is 1.96. The van der Waals surface area contributed by atoms with Gasteiger partial charge in [-0.05, 0) is 6.92 Å². The van der Waals surface area contributed by atoms with Gasteiger partial charge >= 0.3 is 5.97 Å². The fourth-order valence-corrected chi connectivity index (χ4v) is 1.00. The van der Waals surface area contributed by atoms with E-state index in [9.17, 15) is 9.59 Å². The smallest absolute Gasteiger partial charge is 0.307 e. The highest BCUT2D eigenvalue weighted by Gasteiger charge is 2.03. The molecular weight excluding hydrogens is 184 g/mol. The molecule has 1 aromatic rings. The Kier molecular flexibility index (Phi) is 3.84. The highest BCUT2D eigenvalue weighted by atomic mass is 16.5. The molecule has 76 valence electrons. The second-order valence-corrected chi connectivity index (χ2v) is 2.71. The first-order valence-electron chi connectivity index (χ1n) is 4.39. The molecule has 0 atom stereocenters. The number of aryl methyl sites for hydroxylation is 1. The third-order valence-corrected chi connectivity index (χ3v) is 1.64. The zero-order valence-corrected chi connectivity index (χ0v) is 7.97. The normalized spacial score (nSPS) is 9.79. The molecule has 0 radical (unpaired) electrons. The lowest BCUT2D eigenvalue weighted by Gasteiger charge is -2.01. The highest BCUT2D eigenvalue weighted by molar-refractivity contribution is 5.73. The standard InChI is InChI=1S/C9H12N2O3/c1-2-14-9(13)3-4-11-6-8(7-12)5-10-11/h5-7H,2-4H2,1H3. The number of esters is 1. The number of ether oxygens (including phenoxy) is 1. The second kappa shape index (κ2) is 5.16. The molecule has 0 spiro atoms. The minimum absolute atomic E-state index is 0.254. The average Bonchev–Trinajstić information content (AvgIpc) is 2.63. The van der Waals surface area contributed by atoms with Crippen LogP contribution in [0.15, 0.2) is 12.4 Å². The molecule has 0 aliphatic rings. The van der Waals surface area contributed by atoms with Gasteiger partial charge in [-0.2, -0.15) is 5.10 Å². The third-order valence-electron chi connectivity index (χ3n) is 1.64. The Hall–Kier alpha value is -1.65. The van der Waals surface area contributed by atoms with Crippen LogP contribution in [-0.2, 0) is 16.1 Å². The predicted molar refractivity (Wildman–Crippen MR) is 48.9 cm³/mol. The molecule has 0 amide bonds. The second-order valence-electron chi connectivity index (χ2n) is 2.71. The summed E-state index contributed by atoms with van der Waals surface area (Å²) in [7, 11) is 0. The predicted octanol–water partition coefficient (Wildman–Crippen LogP) is 0.649. The van der Waals surface area contributed by atoms with Gasteiger partial charge in [-0.15, -0.1) is 0 Å². The first kappa shape index (κ1) is 10.4. The van der Waals surface area contributed by atoms with Gasteiger partial charge in [0, 0.05) is 6.20 Å². The van der Waals surface area contributed by atoms with Crippen LogP contribution in [0.25, 0.3) is 0 Å². The zero-order valence-electron chi connectivity index (χ0n) is 7.97. The summed E-state index contributed by atoms with van der Waals surface area (Å²) in [5.41, 5.74) is 0.508. The van der Waals surface area contributed by atoms with Crippen LogP contribution >= 0.6 is 0 Å². The van der Waals surface area contributed by atoms with Crippen LogP contribution in [0.3, 0.4) is 0 Å². The van der Waals surface area contributed by atoms with Crippen LogP contribution in [0.4, 0.5) is 0 Å². The van der Waals surface area contributed by atoms with Crippen LogP contribution in [0.1, 0.15) is 23.7 Å². The van der Waals surface area contributed by atoms with E-state index in [-0.39, 0.29) is 12.4 Å². The molecular formula is C9H12N2O3. The molecule has 0 saturated carbocycles. The largest absolute Gasteiger partial charge is 0.466 e. The van der Waals surface area contributed by atoms with E-state index < -0.39 is 0 Å². The van der Waals surface area contributed by atoms with Crippen LogP contribution in [0.2, 0.25) is 0 Å². The van der Waals surface area contributed by atoms with Gasteiger partial charge in [0.25, 0.3) is 0 Å². The van der Waals surface area contributed by atoms with Crippen molar-refractivity contribution in [3.8, 4) is 0 Å². The summed E-state index contributed by atoms with van der Waals surface area (Å²) in [4.78, 5) is 21.3.